The van der Waals surface area contributed by atoms with E-state index in [0.717, 1.165) is 12.1 Å². The Morgan fingerprint density at radius 3 is 2.33 bits per heavy atom. The second-order valence-electron chi connectivity index (χ2n) is 4.19. The lowest BCUT2D eigenvalue weighted by Crippen LogP contribution is -2.15. The molecule has 0 bridgehead atoms. The van der Waals surface area contributed by atoms with Crippen LogP contribution in [0.5, 0.6) is 0 Å². The second kappa shape index (κ2) is 5.92. The summed E-state index contributed by atoms with van der Waals surface area (Å²) < 4.78 is 52.6. The molecule has 0 aliphatic rings. The summed E-state index contributed by atoms with van der Waals surface area (Å²) in [6.45, 7) is -0.0882. The first kappa shape index (κ1) is 15.0. The highest BCUT2D eigenvalue weighted by molar-refractivity contribution is 6.04. The number of rotatable bonds is 3. The molecule has 3 nitrogen and oxygen atoms in total. The van der Waals surface area contributed by atoms with Gasteiger partial charge in [0, 0.05) is 17.8 Å². The molecule has 0 fully saturated rings. The van der Waals surface area contributed by atoms with Crippen LogP contribution in [0.2, 0.25) is 0 Å². The van der Waals surface area contributed by atoms with Gasteiger partial charge in [0.05, 0.1) is 5.56 Å². The molecular weight excluding hydrogens is 288 g/mol. The van der Waals surface area contributed by atoms with Crippen molar-refractivity contribution >= 4 is 11.6 Å². The number of hydrogen-bond acceptors (Lipinski definition) is 2. The Kier molecular flexibility index (Phi) is 4.23. The van der Waals surface area contributed by atoms with Crippen LogP contribution in [0, 0.1) is 23.3 Å². The predicted molar refractivity (Wildman–Crippen MR) is 68.6 cm³/mol. The Labute approximate surface area is 117 Å². The molecule has 0 spiro atoms. The molecule has 2 aromatic rings. The van der Waals surface area contributed by atoms with E-state index in [4.69, 9.17) is 5.73 Å². The van der Waals surface area contributed by atoms with E-state index in [1.807, 2.05) is 0 Å². The fraction of sp³-hybridized carbons (Fsp3) is 0.0714. The van der Waals surface area contributed by atoms with Gasteiger partial charge >= 0.3 is 0 Å². The van der Waals surface area contributed by atoms with Crippen LogP contribution < -0.4 is 11.1 Å². The fourth-order valence-corrected chi connectivity index (χ4v) is 1.71. The van der Waals surface area contributed by atoms with Crippen LogP contribution in [-0.2, 0) is 6.54 Å². The smallest absolute Gasteiger partial charge is 0.258 e. The number of halogens is 4. The monoisotopic (exact) mass is 298 g/mol. The van der Waals surface area contributed by atoms with Gasteiger partial charge in [0.1, 0.15) is 5.82 Å². The molecule has 0 radical (unpaired) electrons. The van der Waals surface area contributed by atoms with Crippen molar-refractivity contribution in [2.24, 2.45) is 5.73 Å². The molecule has 0 atom stereocenters. The largest absolute Gasteiger partial charge is 0.326 e. The molecule has 1 amide bonds. The Morgan fingerprint density at radius 2 is 1.67 bits per heavy atom. The Balaban J connectivity index is 2.28. The van der Waals surface area contributed by atoms with E-state index >= 15 is 0 Å². The number of hydrogen-bond donors (Lipinski definition) is 2. The Bertz CT molecular complexity index is 704. The second-order valence-corrected chi connectivity index (χ2v) is 4.19. The van der Waals surface area contributed by atoms with E-state index in [1.165, 1.54) is 12.1 Å². The van der Waals surface area contributed by atoms with Crippen molar-refractivity contribution in [3.8, 4) is 0 Å². The molecular formula is C14H10F4N2O. The third kappa shape index (κ3) is 3.03. The zero-order valence-electron chi connectivity index (χ0n) is 10.6. The first-order chi connectivity index (χ1) is 9.93. The van der Waals surface area contributed by atoms with Crippen LogP contribution in [-0.4, -0.2) is 5.91 Å². The van der Waals surface area contributed by atoms with Crippen molar-refractivity contribution in [2.45, 2.75) is 6.54 Å². The van der Waals surface area contributed by atoms with E-state index in [1.54, 1.807) is 0 Å². The molecule has 0 aliphatic heterocycles. The van der Waals surface area contributed by atoms with Gasteiger partial charge in [-0.15, -0.1) is 0 Å². The van der Waals surface area contributed by atoms with E-state index in [9.17, 15) is 22.4 Å². The highest BCUT2D eigenvalue weighted by atomic mass is 19.2. The van der Waals surface area contributed by atoms with Gasteiger partial charge in [-0.3, -0.25) is 4.79 Å². The molecule has 2 aromatic carbocycles. The summed E-state index contributed by atoms with van der Waals surface area (Å²) in [5, 5.41) is 2.26. The summed E-state index contributed by atoms with van der Waals surface area (Å²) in [5.41, 5.74) is 4.97. The van der Waals surface area contributed by atoms with Gasteiger partial charge in [-0.2, -0.15) is 0 Å². The molecule has 7 heteroatoms. The number of anilines is 1. The maximum atomic E-state index is 13.5. The van der Waals surface area contributed by atoms with E-state index in [0.29, 0.717) is 6.07 Å². The number of carbonyl (C=O) groups excluding carboxylic acids is 1. The van der Waals surface area contributed by atoms with Crippen molar-refractivity contribution in [3.05, 3.63) is 64.7 Å². The van der Waals surface area contributed by atoms with Crippen molar-refractivity contribution in [3.63, 3.8) is 0 Å². The highest BCUT2D eigenvalue weighted by Crippen LogP contribution is 2.18. The third-order valence-corrected chi connectivity index (χ3v) is 2.80. The number of nitrogens with two attached hydrogens (primary N) is 1. The standard InChI is InChI=1S/C14H10F4N2O/c15-10-3-1-8(5-7(10)6-19)20-14(21)9-2-4-11(16)13(18)12(9)17/h1-5H,6,19H2,(H,20,21). The Morgan fingerprint density at radius 1 is 1.00 bits per heavy atom. The minimum Gasteiger partial charge on any atom is -0.326 e. The average molecular weight is 298 g/mol. The van der Waals surface area contributed by atoms with Crippen LogP contribution in [0.15, 0.2) is 30.3 Å². The molecule has 0 aromatic heterocycles. The molecule has 2 rings (SSSR count). The van der Waals surface area contributed by atoms with Gasteiger partial charge in [-0.25, -0.2) is 17.6 Å². The predicted octanol–water partition coefficient (Wildman–Crippen LogP) is 2.95. The highest BCUT2D eigenvalue weighted by Gasteiger charge is 2.19. The minimum absolute atomic E-state index is 0.0882. The Hall–Kier alpha value is -2.41. The van der Waals surface area contributed by atoms with Gasteiger partial charge < -0.3 is 11.1 Å². The molecule has 0 unspecified atom stereocenters. The summed E-state index contributed by atoms with van der Waals surface area (Å²) in [6.07, 6.45) is 0. The van der Waals surface area contributed by atoms with E-state index < -0.39 is 34.7 Å². The molecule has 0 aliphatic carbocycles. The summed E-state index contributed by atoms with van der Waals surface area (Å²) >= 11 is 0. The normalized spacial score (nSPS) is 10.5. The van der Waals surface area contributed by atoms with Gasteiger partial charge in [0.2, 0.25) is 0 Å². The summed E-state index contributed by atoms with van der Waals surface area (Å²) in [4.78, 5) is 11.8. The topological polar surface area (TPSA) is 55.1 Å². The maximum Gasteiger partial charge on any atom is 0.258 e. The molecule has 110 valence electrons. The lowest BCUT2D eigenvalue weighted by Gasteiger charge is -2.08. The van der Waals surface area contributed by atoms with Gasteiger partial charge in [-0.05, 0) is 30.3 Å². The SMILES string of the molecule is NCc1cc(NC(=O)c2ccc(F)c(F)c2F)ccc1F. The minimum atomic E-state index is -1.73. The molecule has 21 heavy (non-hydrogen) atoms. The summed E-state index contributed by atoms with van der Waals surface area (Å²) in [5.74, 6) is -6.25. The van der Waals surface area contributed by atoms with Crippen LogP contribution in [0.3, 0.4) is 0 Å². The van der Waals surface area contributed by atoms with Crippen LogP contribution in [0.1, 0.15) is 15.9 Å². The lowest BCUT2D eigenvalue weighted by atomic mass is 10.1. The third-order valence-electron chi connectivity index (χ3n) is 2.80. The zero-order valence-corrected chi connectivity index (χ0v) is 10.6. The van der Waals surface area contributed by atoms with Crippen molar-refractivity contribution in [1.29, 1.82) is 0 Å². The summed E-state index contributed by atoms with van der Waals surface area (Å²) in [7, 11) is 0. The lowest BCUT2D eigenvalue weighted by molar-refractivity contribution is 0.102. The fourth-order valence-electron chi connectivity index (χ4n) is 1.71. The zero-order chi connectivity index (χ0) is 15.6. The number of benzene rings is 2. The summed E-state index contributed by atoms with van der Waals surface area (Å²) in [6, 6.07) is 5.05. The first-order valence-corrected chi connectivity index (χ1v) is 5.87. The van der Waals surface area contributed by atoms with Crippen LogP contribution in [0.25, 0.3) is 0 Å². The molecule has 3 N–H and O–H groups in total. The van der Waals surface area contributed by atoms with Crippen LogP contribution >= 0.6 is 0 Å². The van der Waals surface area contributed by atoms with Crippen molar-refractivity contribution < 1.29 is 22.4 Å². The average Bonchev–Trinajstić information content (AvgIpc) is 2.46. The van der Waals surface area contributed by atoms with E-state index in [2.05, 4.69) is 5.32 Å². The van der Waals surface area contributed by atoms with Gasteiger partial charge in [0.15, 0.2) is 17.5 Å². The van der Waals surface area contributed by atoms with E-state index in [-0.39, 0.29) is 17.8 Å². The van der Waals surface area contributed by atoms with Gasteiger partial charge in [-0.1, -0.05) is 0 Å². The molecule has 0 heterocycles. The maximum absolute atomic E-state index is 13.5. The van der Waals surface area contributed by atoms with Gasteiger partial charge in [0.25, 0.3) is 5.91 Å². The first-order valence-electron chi connectivity index (χ1n) is 5.87. The number of amides is 1. The van der Waals surface area contributed by atoms with Crippen LogP contribution in [0.4, 0.5) is 23.2 Å². The van der Waals surface area contributed by atoms with Crippen molar-refractivity contribution in [2.75, 3.05) is 5.32 Å². The molecule has 0 saturated heterocycles. The molecule has 0 saturated carbocycles. The number of nitrogens with one attached hydrogen (secondary N) is 1. The van der Waals surface area contributed by atoms with Crippen molar-refractivity contribution in [1.82, 2.24) is 0 Å². The quantitative estimate of drug-likeness (QED) is 0.676. The number of carbonyl (C=O) groups is 1.